The van der Waals surface area contributed by atoms with Gasteiger partial charge in [-0.1, -0.05) is 48.3 Å². The van der Waals surface area contributed by atoms with Crippen molar-refractivity contribution in [2.24, 2.45) is 0 Å². The number of rotatable bonds is 2. The topological polar surface area (TPSA) is 31.6 Å². The van der Waals surface area contributed by atoms with E-state index in [1.54, 1.807) is 27.7 Å². The second-order valence-corrected chi connectivity index (χ2v) is 7.64. The molecule has 0 bridgehead atoms. The quantitative estimate of drug-likeness (QED) is 0.427. The molecule has 1 fully saturated rings. The predicted octanol–water partition coefficient (Wildman–Crippen LogP) is 5.55. The number of para-hydroxylation sites is 1. The molecule has 0 radical (unpaired) electrons. The molecule has 1 aliphatic rings. The summed E-state index contributed by atoms with van der Waals surface area (Å²) >= 11 is 0. The fraction of sp³-hybridized carbons (Fsp3) is 0.250. The van der Waals surface area contributed by atoms with E-state index >= 15 is 0 Å². The molecule has 140 valence electrons. The largest absolute Gasteiger partial charge is 0.494 e. The fourth-order valence-electron chi connectivity index (χ4n) is 2.99. The van der Waals surface area contributed by atoms with Crippen LogP contribution in [0.25, 0.3) is 33.1 Å². The highest BCUT2D eigenvalue weighted by Gasteiger charge is 2.51. The van der Waals surface area contributed by atoms with Crippen LogP contribution in [0.5, 0.6) is 0 Å². The smallest absolute Gasteiger partial charge is 0.456 e. The average Bonchev–Trinajstić information content (AvgIpc) is 3.35. The Morgan fingerprint density at radius 2 is 1.39 bits per heavy atom. The summed E-state index contributed by atoms with van der Waals surface area (Å²) in [5.41, 5.74) is -3.16. The lowest BCUT2D eigenvalue weighted by atomic mass is 9.78. The molecule has 1 aliphatic heterocycles. The molecule has 0 unspecified atom stereocenters. The van der Waals surface area contributed by atoms with Gasteiger partial charge in [0.05, 0.1) is 26.3 Å². The van der Waals surface area contributed by atoms with Crippen molar-refractivity contribution < 1.29 is 28.8 Å². The summed E-state index contributed by atoms with van der Waals surface area (Å²) in [6.45, 7) is 7.10. The maximum atomic E-state index is 8.97. The van der Waals surface area contributed by atoms with Crippen LogP contribution < -0.4 is 5.46 Å². The van der Waals surface area contributed by atoms with Crippen LogP contribution >= 0.6 is 0 Å². The van der Waals surface area contributed by atoms with Gasteiger partial charge in [-0.05, 0) is 62.4 Å². The van der Waals surface area contributed by atoms with Crippen LogP contribution in [0, 0.1) is 0 Å². The van der Waals surface area contributed by atoms with E-state index in [-0.39, 0.29) is 38.5 Å². The van der Waals surface area contributed by atoms with Crippen LogP contribution in [-0.4, -0.2) is 18.3 Å². The molecule has 0 N–H and O–H groups in total. The van der Waals surface area contributed by atoms with Gasteiger partial charge in [-0.3, -0.25) is 0 Å². The summed E-state index contributed by atoms with van der Waals surface area (Å²) in [5.74, 6) is 0. The third-order valence-corrected chi connectivity index (χ3v) is 5.27. The van der Waals surface area contributed by atoms with Crippen molar-refractivity contribution in [1.29, 1.82) is 0 Å². The highest BCUT2D eigenvalue weighted by atomic mass is 16.7. The van der Waals surface area contributed by atoms with E-state index in [0.29, 0.717) is 0 Å². The van der Waals surface area contributed by atoms with E-state index in [1.165, 1.54) is 0 Å². The highest BCUT2D eigenvalue weighted by Crippen LogP contribution is 2.37. The van der Waals surface area contributed by atoms with Gasteiger partial charge in [0.1, 0.15) is 11.2 Å². The zero-order valence-electron chi connectivity index (χ0n) is 26.8. The maximum absolute atomic E-state index is 8.97. The molecule has 0 spiro atoms. The average molecular weight is 381 g/mol. The number of hydrogen-bond acceptors (Lipinski definition) is 3. The first-order chi connectivity index (χ1) is 17.9. The monoisotopic (exact) mass is 381 g/mol. The van der Waals surface area contributed by atoms with Crippen LogP contribution in [0.2, 0.25) is 0 Å². The van der Waals surface area contributed by atoms with E-state index < -0.39 is 84.8 Å². The molecule has 28 heavy (non-hydrogen) atoms. The van der Waals surface area contributed by atoms with Gasteiger partial charge < -0.3 is 13.7 Å². The van der Waals surface area contributed by atoms with Crippen LogP contribution in [-0.2, 0) is 9.31 Å². The van der Waals surface area contributed by atoms with Crippen molar-refractivity contribution in [3.05, 3.63) is 66.5 Å². The lowest BCUT2D eigenvalue weighted by Gasteiger charge is -2.32. The SMILES string of the molecule is [2H]c1c([2H])c(B2OC(C)(C)C(C)(C)O2)c([2H])c(-c2c([2H])c([2H])c3oc4c([2H])c([2H])c([2H])c([2H])c4c3c2[2H])c1[2H]. The molecule has 0 atom stereocenters. The van der Waals surface area contributed by atoms with Gasteiger partial charge in [0.15, 0.2) is 0 Å². The van der Waals surface area contributed by atoms with Crippen molar-refractivity contribution in [1.82, 2.24) is 0 Å². The molecular weight excluding hydrogens is 347 g/mol. The molecule has 3 aromatic carbocycles. The summed E-state index contributed by atoms with van der Waals surface area (Å²) in [6.07, 6.45) is 0. The number of benzene rings is 3. The van der Waals surface area contributed by atoms with Gasteiger partial charge in [-0.2, -0.15) is 0 Å². The van der Waals surface area contributed by atoms with Crippen molar-refractivity contribution in [3.63, 3.8) is 0 Å². The van der Waals surface area contributed by atoms with Crippen molar-refractivity contribution >= 4 is 34.5 Å². The molecule has 3 nitrogen and oxygen atoms in total. The normalized spacial score (nSPS) is 23.7. The van der Waals surface area contributed by atoms with Crippen LogP contribution in [0.3, 0.4) is 0 Å². The fourth-order valence-corrected chi connectivity index (χ4v) is 2.99. The van der Waals surface area contributed by atoms with Crippen molar-refractivity contribution in [3.8, 4) is 11.1 Å². The third kappa shape index (κ3) is 2.68. The lowest BCUT2D eigenvalue weighted by Crippen LogP contribution is -2.41. The zero-order chi connectivity index (χ0) is 29.1. The molecule has 0 amide bonds. The number of hydrogen-bond donors (Lipinski definition) is 0. The summed E-state index contributed by atoms with van der Waals surface area (Å²) < 4.78 is 111. The van der Waals surface area contributed by atoms with Gasteiger partial charge in [0, 0.05) is 10.8 Å². The molecule has 5 rings (SSSR count). The Labute approximate surface area is 180 Å². The Morgan fingerprint density at radius 1 is 0.714 bits per heavy atom. The van der Waals surface area contributed by atoms with E-state index in [2.05, 4.69) is 0 Å². The third-order valence-electron chi connectivity index (χ3n) is 5.27. The zero-order valence-corrected chi connectivity index (χ0v) is 15.8. The van der Waals surface area contributed by atoms with E-state index in [9.17, 15) is 0 Å². The Morgan fingerprint density at radius 3 is 2.18 bits per heavy atom. The molecule has 1 saturated heterocycles. The van der Waals surface area contributed by atoms with Gasteiger partial charge in [0.2, 0.25) is 0 Å². The van der Waals surface area contributed by atoms with Gasteiger partial charge >= 0.3 is 7.12 Å². The summed E-state index contributed by atoms with van der Waals surface area (Å²) in [6, 6.07) is -5.95. The van der Waals surface area contributed by atoms with Crippen LogP contribution in [0.4, 0.5) is 0 Å². The van der Waals surface area contributed by atoms with Gasteiger partial charge in [-0.25, -0.2) is 0 Å². The van der Waals surface area contributed by atoms with Gasteiger partial charge in [-0.15, -0.1) is 0 Å². The first-order valence-corrected chi connectivity index (χ1v) is 8.83. The molecule has 2 heterocycles. The Hall–Kier alpha value is -2.56. The number of fused-ring (bicyclic) bond motifs is 3. The predicted molar refractivity (Wildman–Crippen MR) is 115 cm³/mol. The Balaban J connectivity index is 1.90. The van der Waals surface area contributed by atoms with E-state index in [0.717, 1.165) is 0 Å². The first-order valence-electron chi connectivity index (χ1n) is 14.3. The van der Waals surface area contributed by atoms with E-state index in [4.69, 9.17) is 28.8 Å². The minimum absolute atomic E-state index is 0.158. The molecule has 0 aliphatic carbocycles. The molecule has 4 heteroatoms. The van der Waals surface area contributed by atoms with E-state index in [1.807, 2.05) is 0 Å². The Bertz CT molecular complexity index is 1730. The highest BCUT2D eigenvalue weighted by molar-refractivity contribution is 6.62. The second-order valence-electron chi connectivity index (χ2n) is 7.64. The van der Waals surface area contributed by atoms with Gasteiger partial charge in [0.25, 0.3) is 0 Å². The summed E-state index contributed by atoms with van der Waals surface area (Å²) in [5, 5.41) is -0.339. The lowest BCUT2D eigenvalue weighted by molar-refractivity contribution is 0.00578. The van der Waals surface area contributed by atoms with Crippen molar-refractivity contribution in [2.45, 2.75) is 38.9 Å². The van der Waals surface area contributed by atoms with Crippen LogP contribution in [0.15, 0.2) is 70.9 Å². The summed E-state index contributed by atoms with van der Waals surface area (Å²) in [7, 11) is -1.25. The summed E-state index contributed by atoms with van der Waals surface area (Å²) in [4.78, 5) is 0. The van der Waals surface area contributed by atoms with Crippen LogP contribution in [0.1, 0.15) is 42.8 Å². The molecule has 1 aromatic heterocycles. The minimum Gasteiger partial charge on any atom is -0.456 e. The minimum atomic E-state index is -1.25. The second kappa shape index (κ2) is 5.97. The molecular formula is C24H23BO3. The molecule has 0 saturated carbocycles. The standard InChI is InChI=1S/C24H23BO3/c1-23(2)24(3,4)28-25(27-23)18-9-7-8-16(14-18)17-12-13-22-20(15-17)19-10-5-6-11-21(19)26-22/h5-15H,1-4H3/i5D,6D,7D,8D,9D,10D,11D,12D,13D,14D,15D. The maximum Gasteiger partial charge on any atom is 0.494 e. The molecule has 4 aromatic rings. The Kier molecular flexibility index (Phi) is 1.98. The van der Waals surface area contributed by atoms with Crippen molar-refractivity contribution in [2.75, 3.05) is 0 Å². The number of furan rings is 1. The first kappa shape index (κ1) is 9.30.